The molecule has 0 saturated heterocycles. The van der Waals surface area contributed by atoms with E-state index >= 15 is 0 Å². The van der Waals surface area contributed by atoms with Crippen molar-refractivity contribution in [2.75, 3.05) is 32.1 Å². The van der Waals surface area contributed by atoms with Gasteiger partial charge in [0.1, 0.15) is 11.8 Å². The van der Waals surface area contributed by atoms with Crippen LogP contribution in [0.2, 0.25) is 0 Å². The van der Waals surface area contributed by atoms with Gasteiger partial charge in [0.2, 0.25) is 11.8 Å². The molecule has 3 rings (SSSR count). The Morgan fingerprint density at radius 2 is 1.88 bits per heavy atom. The fourth-order valence-corrected chi connectivity index (χ4v) is 3.93. The summed E-state index contributed by atoms with van der Waals surface area (Å²) in [4.78, 5) is 41.0. The molecule has 33 heavy (non-hydrogen) atoms. The van der Waals surface area contributed by atoms with Gasteiger partial charge < -0.3 is 19.9 Å². The molecule has 0 aromatic heterocycles. The van der Waals surface area contributed by atoms with Crippen LogP contribution in [0.5, 0.6) is 5.75 Å². The largest absolute Gasteiger partial charge is 0.497 e. The van der Waals surface area contributed by atoms with Crippen LogP contribution in [0, 0.1) is 10.1 Å². The Labute approximate surface area is 193 Å². The monoisotopic (exact) mass is 454 g/mol. The number of methoxy groups -OCH3 is 1. The molecule has 9 heteroatoms. The second kappa shape index (κ2) is 9.48. The van der Waals surface area contributed by atoms with E-state index in [0.717, 1.165) is 11.3 Å². The molecule has 1 N–H and O–H groups in total. The number of fused-ring (bicyclic) bond motifs is 1. The van der Waals surface area contributed by atoms with Crippen molar-refractivity contribution in [1.82, 2.24) is 10.2 Å². The summed E-state index contributed by atoms with van der Waals surface area (Å²) in [5.74, 6) is 0.136. The predicted molar refractivity (Wildman–Crippen MR) is 125 cm³/mol. The lowest BCUT2D eigenvalue weighted by atomic mass is 9.99. The molecule has 0 aliphatic carbocycles. The predicted octanol–water partition coefficient (Wildman–Crippen LogP) is 3.08. The van der Waals surface area contributed by atoms with E-state index < -0.39 is 16.5 Å². The van der Waals surface area contributed by atoms with Gasteiger partial charge in [0.05, 0.1) is 18.6 Å². The Hall–Kier alpha value is -3.62. The topological polar surface area (TPSA) is 105 Å². The Balaban J connectivity index is 2.03. The fourth-order valence-electron chi connectivity index (χ4n) is 3.93. The Kier molecular flexibility index (Phi) is 6.90. The van der Waals surface area contributed by atoms with Gasteiger partial charge in [0, 0.05) is 42.5 Å². The highest BCUT2D eigenvalue weighted by molar-refractivity contribution is 5.94. The highest BCUT2D eigenvalue weighted by Crippen LogP contribution is 2.36. The van der Waals surface area contributed by atoms with Crippen molar-refractivity contribution in [3.8, 4) is 5.75 Å². The van der Waals surface area contributed by atoms with Gasteiger partial charge in [0.25, 0.3) is 5.69 Å². The molecule has 0 radical (unpaired) electrons. The minimum atomic E-state index is -0.991. The van der Waals surface area contributed by atoms with E-state index in [1.807, 2.05) is 45.0 Å². The molecule has 176 valence electrons. The van der Waals surface area contributed by atoms with Crippen molar-refractivity contribution in [2.24, 2.45) is 0 Å². The number of nitrogens with one attached hydrogen (secondary N) is 1. The number of nitro groups is 1. The zero-order valence-electron chi connectivity index (χ0n) is 19.6. The van der Waals surface area contributed by atoms with Gasteiger partial charge in [-0.15, -0.1) is 0 Å². The molecule has 2 aromatic carbocycles. The summed E-state index contributed by atoms with van der Waals surface area (Å²) in [5, 5.41) is 14.4. The molecule has 0 unspecified atom stereocenters. The molecule has 9 nitrogen and oxygen atoms in total. The van der Waals surface area contributed by atoms with Crippen LogP contribution in [0.15, 0.2) is 42.5 Å². The normalized spacial score (nSPS) is 16.2. The van der Waals surface area contributed by atoms with Crippen molar-refractivity contribution in [3.63, 3.8) is 0 Å². The highest BCUT2D eigenvalue weighted by Gasteiger charge is 2.38. The molecule has 0 fully saturated rings. The minimum Gasteiger partial charge on any atom is -0.497 e. The average molecular weight is 455 g/mol. The van der Waals surface area contributed by atoms with Crippen LogP contribution in [0.3, 0.4) is 0 Å². The van der Waals surface area contributed by atoms with Crippen molar-refractivity contribution in [1.29, 1.82) is 0 Å². The number of hydrogen-bond acceptors (Lipinski definition) is 6. The van der Waals surface area contributed by atoms with Gasteiger partial charge in [-0.3, -0.25) is 19.7 Å². The molecule has 2 amide bonds. The molecule has 2 aromatic rings. The van der Waals surface area contributed by atoms with Gasteiger partial charge in [-0.2, -0.15) is 0 Å². The van der Waals surface area contributed by atoms with Crippen molar-refractivity contribution in [3.05, 3.63) is 63.7 Å². The van der Waals surface area contributed by atoms with Crippen LogP contribution in [-0.2, 0) is 16.0 Å². The summed E-state index contributed by atoms with van der Waals surface area (Å²) in [6.45, 7) is 5.90. The maximum Gasteiger partial charge on any atom is 0.269 e. The summed E-state index contributed by atoms with van der Waals surface area (Å²) in [6.07, 6.45) is 0.517. The first-order valence-corrected chi connectivity index (χ1v) is 10.7. The number of nitrogens with zero attached hydrogens (tertiary/aromatic N) is 3. The maximum atomic E-state index is 13.5. The number of ether oxygens (including phenoxy) is 1. The average Bonchev–Trinajstić information content (AvgIpc) is 2.84. The Morgan fingerprint density at radius 3 is 2.45 bits per heavy atom. The van der Waals surface area contributed by atoms with E-state index in [9.17, 15) is 19.7 Å². The first-order chi connectivity index (χ1) is 15.5. The number of carbonyl (C=O) groups excluding carboxylic acids is 2. The van der Waals surface area contributed by atoms with E-state index in [1.165, 1.54) is 17.0 Å². The molecular weight excluding hydrogens is 424 g/mol. The standard InChI is InChI=1S/C24H30N4O5/c1-24(2,3)25-23(30)22-19-14-17(28(31)32)8-11-20(19)26(4)15-21(29)27(22)13-12-16-6-9-18(33-5)10-7-16/h6-11,14,22H,12-13,15H2,1-5H3,(H,25,30)/t22-/m1/s1. The third-order valence-corrected chi connectivity index (χ3v) is 5.48. The van der Waals surface area contributed by atoms with E-state index in [0.29, 0.717) is 17.7 Å². The first kappa shape index (κ1) is 24.0. The molecular formula is C24H30N4O5. The van der Waals surface area contributed by atoms with Crippen LogP contribution in [0.25, 0.3) is 0 Å². The summed E-state index contributed by atoms with van der Waals surface area (Å²) >= 11 is 0. The molecule has 0 bridgehead atoms. The summed E-state index contributed by atoms with van der Waals surface area (Å²) in [7, 11) is 3.34. The number of rotatable bonds is 6. The SMILES string of the molecule is COc1ccc(CCN2C(=O)CN(C)c3ccc([N+](=O)[O-])cc3[C@@H]2C(=O)NC(C)(C)C)cc1. The van der Waals surface area contributed by atoms with Crippen molar-refractivity contribution >= 4 is 23.2 Å². The third kappa shape index (κ3) is 5.60. The lowest BCUT2D eigenvalue weighted by Crippen LogP contribution is -2.50. The number of hydrogen-bond donors (Lipinski definition) is 1. The number of benzene rings is 2. The number of amides is 2. The molecule has 1 heterocycles. The quantitative estimate of drug-likeness (QED) is 0.531. The van der Waals surface area contributed by atoms with E-state index in [-0.39, 0.29) is 30.6 Å². The van der Waals surface area contributed by atoms with Gasteiger partial charge in [-0.1, -0.05) is 12.1 Å². The Bertz CT molecular complexity index is 1050. The third-order valence-electron chi connectivity index (χ3n) is 5.48. The van der Waals surface area contributed by atoms with Gasteiger partial charge in [0.15, 0.2) is 0 Å². The number of nitro benzene ring substituents is 1. The van der Waals surface area contributed by atoms with Crippen LogP contribution >= 0.6 is 0 Å². The number of anilines is 1. The Morgan fingerprint density at radius 1 is 1.21 bits per heavy atom. The van der Waals surface area contributed by atoms with Gasteiger partial charge in [-0.05, 0) is 51.0 Å². The van der Waals surface area contributed by atoms with Crippen LogP contribution in [0.4, 0.5) is 11.4 Å². The van der Waals surface area contributed by atoms with Gasteiger partial charge in [-0.25, -0.2) is 0 Å². The second-order valence-electron chi connectivity index (χ2n) is 9.18. The lowest BCUT2D eigenvalue weighted by Gasteiger charge is -2.32. The highest BCUT2D eigenvalue weighted by atomic mass is 16.6. The molecule has 0 saturated carbocycles. The smallest absolute Gasteiger partial charge is 0.269 e. The maximum absolute atomic E-state index is 13.5. The zero-order valence-corrected chi connectivity index (χ0v) is 19.6. The fraction of sp³-hybridized carbons (Fsp3) is 0.417. The van der Waals surface area contributed by atoms with Crippen LogP contribution in [-0.4, -0.2) is 54.4 Å². The second-order valence-corrected chi connectivity index (χ2v) is 9.18. The van der Waals surface area contributed by atoms with Gasteiger partial charge >= 0.3 is 0 Å². The molecule has 1 aliphatic heterocycles. The molecule has 1 atom stereocenters. The van der Waals surface area contributed by atoms with Crippen molar-refractivity contribution < 1.29 is 19.2 Å². The van der Waals surface area contributed by atoms with E-state index in [1.54, 1.807) is 25.1 Å². The molecule has 1 aliphatic rings. The van der Waals surface area contributed by atoms with Crippen LogP contribution in [0.1, 0.15) is 37.9 Å². The lowest BCUT2D eigenvalue weighted by molar-refractivity contribution is -0.384. The number of likely N-dealkylation sites (N-methyl/N-ethyl adjacent to an activating group) is 1. The first-order valence-electron chi connectivity index (χ1n) is 10.7. The molecule has 0 spiro atoms. The van der Waals surface area contributed by atoms with Crippen molar-refractivity contribution in [2.45, 2.75) is 38.8 Å². The summed E-state index contributed by atoms with van der Waals surface area (Å²) in [6, 6.07) is 10.9. The number of carbonyl (C=O) groups is 2. The number of non-ortho nitro benzene ring substituents is 1. The van der Waals surface area contributed by atoms with E-state index in [4.69, 9.17) is 4.74 Å². The summed E-state index contributed by atoms with van der Waals surface area (Å²) < 4.78 is 5.20. The minimum absolute atomic E-state index is 0.0622. The summed E-state index contributed by atoms with van der Waals surface area (Å²) in [5.41, 5.74) is 1.38. The van der Waals surface area contributed by atoms with Crippen LogP contribution < -0.4 is 15.0 Å². The van der Waals surface area contributed by atoms with E-state index in [2.05, 4.69) is 5.32 Å². The zero-order chi connectivity index (χ0) is 24.3.